The van der Waals surface area contributed by atoms with Crippen LogP contribution in [-0.2, 0) is 0 Å². The molecule has 0 spiro atoms. The van der Waals surface area contributed by atoms with Crippen molar-refractivity contribution in [2.45, 2.75) is 20.0 Å². The zero-order valence-electron chi connectivity index (χ0n) is 13.2. The lowest BCUT2D eigenvalue weighted by atomic mass is 10.2. The fourth-order valence-electron chi connectivity index (χ4n) is 2.07. The molecule has 0 radical (unpaired) electrons. The van der Waals surface area contributed by atoms with Crippen LogP contribution in [0.1, 0.15) is 35.2 Å². The molecule has 0 bridgehead atoms. The van der Waals surface area contributed by atoms with Crippen molar-refractivity contribution in [1.82, 2.24) is 5.32 Å². The zero-order valence-corrected chi connectivity index (χ0v) is 14.1. The van der Waals surface area contributed by atoms with Crippen LogP contribution >= 0.6 is 11.3 Å². The monoisotopic (exact) mass is 335 g/mol. The molecule has 0 aliphatic carbocycles. The molecule has 124 valence electrons. The molecule has 2 N–H and O–H groups in total. The van der Waals surface area contributed by atoms with E-state index in [0.717, 1.165) is 4.88 Å². The second kappa shape index (κ2) is 8.55. The quantitative estimate of drug-likeness (QED) is 0.778. The number of ether oxygens (including phenoxy) is 2. The Labute approximate surface area is 139 Å². The summed E-state index contributed by atoms with van der Waals surface area (Å²) < 4.78 is 11.0. The minimum atomic E-state index is -0.701. The van der Waals surface area contributed by atoms with Crippen molar-refractivity contribution in [3.05, 3.63) is 46.2 Å². The predicted octanol–water partition coefficient (Wildman–Crippen LogP) is 3.01. The van der Waals surface area contributed by atoms with Crippen LogP contribution in [0.3, 0.4) is 0 Å². The summed E-state index contributed by atoms with van der Waals surface area (Å²) in [6.45, 7) is 4.94. The fourth-order valence-corrected chi connectivity index (χ4v) is 2.78. The molecule has 1 aromatic carbocycles. The van der Waals surface area contributed by atoms with Gasteiger partial charge < -0.3 is 19.9 Å². The Morgan fingerprint density at radius 3 is 2.61 bits per heavy atom. The number of hydrogen-bond donors (Lipinski definition) is 2. The van der Waals surface area contributed by atoms with Crippen LogP contribution in [0.5, 0.6) is 11.5 Å². The van der Waals surface area contributed by atoms with E-state index in [-0.39, 0.29) is 12.5 Å². The molecule has 1 aromatic heterocycles. The van der Waals surface area contributed by atoms with Crippen LogP contribution < -0.4 is 14.8 Å². The number of benzene rings is 1. The Kier molecular flexibility index (Phi) is 6.43. The van der Waals surface area contributed by atoms with Crippen LogP contribution in [0.25, 0.3) is 0 Å². The minimum absolute atomic E-state index is 0.163. The highest BCUT2D eigenvalue weighted by Crippen LogP contribution is 2.28. The molecule has 0 saturated carbocycles. The molecule has 5 nitrogen and oxygen atoms in total. The second-order valence-electron chi connectivity index (χ2n) is 4.77. The summed E-state index contributed by atoms with van der Waals surface area (Å²) >= 11 is 1.46. The number of carbonyl (C=O) groups is 1. The van der Waals surface area contributed by atoms with Crippen LogP contribution in [0, 0.1) is 0 Å². The van der Waals surface area contributed by atoms with Gasteiger partial charge in [0.1, 0.15) is 6.10 Å². The normalized spacial score (nSPS) is 11.8. The van der Waals surface area contributed by atoms with Crippen molar-refractivity contribution < 1.29 is 19.4 Å². The van der Waals surface area contributed by atoms with Gasteiger partial charge in [-0.3, -0.25) is 4.79 Å². The summed E-state index contributed by atoms with van der Waals surface area (Å²) in [5, 5.41) is 14.6. The topological polar surface area (TPSA) is 67.8 Å². The number of hydrogen-bond acceptors (Lipinski definition) is 5. The van der Waals surface area contributed by atoms with E-state index in [1.54, 1.807) is 18.2 Å². The summed E-state index contributed by atoms with van der Waals surface area (Å²) in [4.78, 5) is 13.1. The number of carbonyl (C=O) groups excluding carboxylic acids is 1. The molecule has 0 saturated heterocycles. The van der Waals surface area contributed by atoms with Crippen molar-refractivity contribution in [1.29, 1.82) is 0 Å². The minimum Gasteiger partial charge on any atom is -0.490 e. The van der Waals surface area contributed by atoms with E-state index in [1.807, 2.05) is 31.4 Å². The van der Waals surface area contributed by atoms with Gasteiger partial charge in [0.2, 0.25) is 0 Å². The number of amides is 1. The van der Waals surface area contributed by atoms with Crippen LogP contribution in [0.2, 0.25) is 0 Å². The Morgan fingerprint density at radius 1 is 1.22 bits per heavy atom. The van der Waals surface area contributed by atoms with Gasteiger partial charge in [-0.1, -0.05) is 6.07 Å². The average molecular weight is 335 g/mol. The fraction of sp³-hybridized carbons (Fsp3) is 0.353. The molecule has 1 heterocycles. The Balaban J connectivity index is 2.02. The number of aliphatic hydroxyl groups is 1. The largest absolute Gasteiger partial charge is 0.490 e. The number of thiophene rings is 1. The molecule has 0 fully saturated rings. The van der Waals surface area contributed by atoms with E-state index in [1.165, 1.54) is 11.3 Å². The lowest BCUT2D eigenvalue weighted by molar-refractivity contribution is 0.0917. The van der Waals surface area contributed by atoms with E-state index in [0.29, 0.717) is 30.3 Å². The summed E-state index contributed by atoms with van der Waals surface area (Å²) in [7, 11) is 0. The Hall–Kier alpha value is -2.05. The van der Waals surface area contributed by atoms with Gasteiger partial charge in [0.05, 0.1) is 13.2 Å². The van der Waals surface area contributed by atoms with E-state index < -0.39 is 6.10 Å². The number of aliphatic hydroxyl groups excluding tert-OH is 1. The SMILES string of the molecule is CCOc1ccc(C(=O)NCC(O)c2cccs2)cc1OCC. The highest BCUT2D eigenvalue weighted by atomic mass is 32.1. The molecule has 1 atom stereocenters. The van der Waals surface area contributed by atoms with Gasteiger partial charge in [0.15, 0.2) is 11.5 Å². The van der Waals surface area contributed by atoms with Gasteiger partial charge in [-0.2, -0.15) is 0 Å². The van der Waals surface area contributed by atoms with Crippen molar-refractivity contribution in [2.24, 2.45) is 0 Å². The summed E-state index contributed by atoms with van der Waals surface area (Å²) in [5.74, 6) is 0.898. The van der Waals surface area contributed by atoms with Crippen molar-refractivity contribution in [2.75, 3.05) is 19.8 Å². The highest BCUT2D eigenvalue weighted by molar-refractivity contribution is 7.10. The van der Waals surface area contributed by atoms with Crippen molar-refractivity contribution in [3.8, 4) is 11.5 Å². The van der Waals surface area contributed by atoms with Gasteiger partial charge in [-0.05, 0) is 43.5 Å². The first-order valence-electron chi connectivity index (χ1n) is 7.55. The van der Waals surface area contributed by atoms with E-state index >= 15 is 0 Å². The average Bonchev–Trinajstić information content (AvgIpc) is 3.09. The zero-order chi connectivity index (χ0) is 16.7. The molecule has 23 heavy (non-hydrogen) atoms. The van der Waals surface area contributed by atoms with Gasteiger partial charge in [-0.15, -0.1) is 11.3 Å². The standard InChI is InChI=1S/C17H21NO4S/c1-3-21-14-8-7-12(10-15(14)22-4-2)17(20)18-11-13(19)16-6-5-9-23-16/h5-10,13,19H,3-4,11H2,1-2H3,(H,18,20). The molecule has 0 aliphatic rings. The summed E-state index contributed by atoms with van der Waals surface area (Å²) in [6, 6.07) is 8.76. The molecule has 2 rings (SSSR count). The number of nitrogens with one attached hydrogen (secondary N) is 1. The lowest BCUT2D eigenvalue weighted by Crippen LogP contribution is -2.28. The predicted molar refractivity (Wildman–Crippen MR) is 90.4 cm³/mol. The summed E-state index contributed by atoms with van der Waals surface area (Å²) in [5.41, 5.74) is 0.468. The maximum absolute atomic E-state index is 12.2. The third-order valence-corrected chi connectivity index (χ3v) is 4.11. The molecule has 2 aromatic rings. The molecular formula is C17H21NO4S. The van der Waals surface area contributed by atoms with Gasteiger partial charge in [-0.25, -0.2) is 0 Å². The highest BCUT2D eigenvalue weighted by Gasteiger charge is 2.14. The summed E-state index contributed by atoms with van der Waals surface area (Å²) in [6.07, 6.45) is -0.701. The smallest absolute Gasteiger partial charge is 0.251 e. The maximum Gasteiger partial charge on any atom is 0.251 e. The molecule has 0 aliphatic heterocycles. The third-order valence-electron chi connectivity index (χ3n) is 3.13. The maximum atomic E-state index is 12.2. The van der Waals surface area contributed by atoms with E-state index in [4.69, 9.17) is 9.47 Å². The van der Waals surface area contributed by atoms with Crippen LogP contribution in [-0.4, -0.2) is 30.8 Å². The first-order valence-corrected chi connectivity index (χ1v) is 8.43. The second-order valence-corrected chi connectivity index (χ2v) is 5.75. The van der Waals surface area contributed by atoms with Crippen molar-refractivity contribution in [3.63, 3.8) is 0 Å². The first-order chi connectivity index (χ1) is 11.2. The van der Waals surface area contributed by atoms with Crippen LogP contribution in [0.15, 0.2) is 35.7 Å². The Morgan fingerprint density at radius 2 is 1.96 bits per heavy atom. The molecular weight excluding hydrogens is 314 g/mol. The first kappa shape index (κ1) is 17.3. The molecule has 1 amide bonds. The van der Waals surface area contributed by atoms with Crippen LogP contribution in [0.4, 0.5) is 0 Å². The molecule has 6 heteroatoms. The van der Waals surface area contributed by atoms with Crippen molar-refractivity contribution >= 4 is 17.2 Å². The van der Waals surface area contributed by atoms with E-state index in [9.17, 15) is 9.90 Å². The van der Waals surface area contributed by atoms with Gasteiger partial charge in [0, 0.05) is 17.0 Å². The third kappa shape index (κ3) is 4.71. The number of rotatable bonds is 8. The van der Waals surface area contributed by atoms with Gasteiger partial charge in [0.25, 0.3) is 5.91 Å². The van der Waals surface area contributed by atoms with E-state index in [2.05, 4.69) is 5.32 Å². The Bertz CT molecular complexity index is 628. The molecule has 1 unspecified atom stereocenters. The lowest BCUT2D eigenvalue weighted by Gasteiger charge is -2.13. The van der Waals surface area contributed by atoms with Gasteiger partial charge >= 0.3 is 0 Å².